The quantitative estimate of drug-likeness (QED) is 0.887. The van der Waals surface area contributed by atoms with Crippen LogP contribution in [0.4, 0.5) is 5.69 Å². The van der Waals surface area contributed by atoms with Crippen molar-refractivity contribution in [1.82, 2.24) is 5.32 Å². The molecule has 0 aliphatic carbocycles. The third-order valence-electron chi connectivity index (χ3n) is 3.17. The number of amides is 1. The molecule has 6 heteroatoms. The van der Waals surface area contributed by atoms with Crippen molar-refractivity contribution in [2.45, 2.75) is 12.6 Å². The van der Waals surface area contributed by atoms with Gasteiger partial charge in [0, 0.05) is 22.2 Å². The molecule has 1 aromatic carbocycles. The predicted octanol–water partition coefficient (Wildman–Crippen LogP) is 3.30. The Morgan fingerprint density at radius 2 is 2.35 bits per heavy atom. The minimum Gasteiger partial charge on any atom is -0.487 e. The largest absolute Gasteiger partial charge is 0.487 e. The van der Waals surface area contributed by atoms with E-state index in [2.05, 4.69) is 26.6 Å². The Kier molecular flexibility index (Phi) is 3.78. The molecule has 1 atom stereocenters. The van der Waals surface area contributed by atoms with E-state index in [-0.39, 0.29) is 11.9 Å². The number of anilines is 1. The van der Waals surface area contributed by atoms with Crippen molar-refractivity contribution in [3.8, 4) is 5.75 Å². The van der Waals surface area contributed by atoms with Crippen LogP contribution in [0.3, 0.4) is 0 Å². The Labute approximate surface area is 129 Å². The maximum Gasteiger partial charge on any atom is 0.246 e. The summed E-state index contributed by atoms with van der Waals surface area (Å²) in [6, 6.07) is 7.52. The number of carbonyl (C=O) groups excluding carboxylic acids is 1. The third-order valence-corrected chi connectivity index (χ3v) is 4.64. The minimum absolute atomic E-state index is 0.0372. The number of thiophene rings is 1. The van der Waals surface area contributed by atoms with Crippen LogP contribution in [0.15, 0.2) is 34.1 Å². The lowest BCUT2D eigenvalue weighted by Crippen LogP contribution is -2.23. The first-order chi connectivity index (χ1) is 9.69. The molecule has 0 bridgehead atoms. The van der Waals surface area contributed by atoms with Gasteiger partial charge in [0.1, 0.15) is 18.4 Å². The Morgan fingerprint density at radius 3 is 3.05 bits per heavy atom. The van der Waals surface area contributed by atoms with Crippen molar-refractivity contribution < 1.29 is 9.53 Å². The van der Waals surface area contributed by atoms with Crippen LogP contribution < -0.4 is 15.4 Å². The van der Waals surface area contributed by atoms with Gasteiger partial charge in [-0.1, -0.05) is 6.07 Å². The second-order valence-electron chi connectivity index (χ2n) is 4.45. The van der Waals surface area contributed by atoms with Gasteiger partial charge in [-0.15, -0.1) is 11.3 Å². The summed E-state index contributed by atoms with van der Waals surface area (Å²) in [5, 5.41) is 7.88. The number of likely N-dealkylation sites (N-methyl/N-ethyl adjacent to an activating group) is 1. The molecule has 2 heterocycles. The first-order valence-electron chi connectivity index (χ1n) is 6.16. The number of hydrogen-bond acceptors (Lipinski definition) is 4. The Hall–Kier alpha value is -1.37. The molecule has 0 fully saturated rings. The minimum atomic E-state index is -0.298. The molecule has 2 N–H and O–H groups in total. The van der Waals surface area contributed by atoms with Gasteiger partial charge < -0.3 is 15.4 Å². The lowest BCUT2D eigenvalue weighted by molar-refractivity contribution is -0.117. The SMILES string of the molecule is CNC1C(=O)Nc2cc(OCc3cccs3)c(Br)cc21. The highest BCUT2D eigenvalue weighted by Gasteiger charge is 2.30. The maximum atomic E-state index is 11.8. The lowest BCUT2D eigenvalue weighted by Gasteiger charge is -2.11. The van der Waals surface area contributed by atoms with E-state index < -0.39 is 0 Å². The van der Waals surface area contributed by atoms with Crippen molar-refractivity contribution in [1.29, 1.82) is 0 Å². The third kappa shape index (κ3) is 2.46. The van der Waals surface area contributed by atoms with Crippen molar-refractivity contribution in [3.63, 3.8) is 0 Å². The molecule has 3 rings (SSSR count). The van der Waals surface area contributed by atoms with Crippen molar-refractivity contribution >= 4 is 38.9 Å². The van der Waals surface area contributed by atoms with Crippen molar-refractivity contribution in [2.24, 2.45) is 0 Å². The van der Waals surface area contributed by atoms with E-state index in [0.29, 0.717) is 6.61 Å². The summed E-state index contributed by atoms with van der Waals surface area (Å²) in [5.74, 6) is 0.694. The average Bonchev–Trinajstić information content (AvgIpc) is 3.03. The molecule has 104 valence electrons. The van der Waals surface area contributed by atoms with Gasteiger partial charge in [0.05, 0.1) is 4.47 Å². The number of ether oxygens (including phenoxy) is 1. The van der Waals surface area contributed by atoms with Crippen LogP contribution in [0.25, 0.3) is 0 Å². The van der Waals surface area contributed by atoms with Crippen LogP contribution in [-0.4, -0.2) is 13.0 Å². The Bertz CT molecular complexity index is 643. The summed E-state index contributed by atoms with van der Waals surface area (Å²) in [6.45, 7) is 0.526. The monoisotopic (exact) mass is 352 g/mol. The summed E-state index contributed by atoms with van der Waals surface area (Å²) >= 11 is 5.16. The van der Waals surface area contributed by atoms with Gasteiger partial charge in [-0.05, 0) is 40.5 Å². The standard InChI is InChI=1S/C14H13BrN2O2S/c1-16-13-9-5-10(15)12(6-11(9)17-14(13)18)19-7-8-3-2-4-20-8/h2-6,13,16H,7H2,1H3,(H,17,18). The molecule has 1 unspecified atom stereocenters. The van der Waals surface area contributed by atoms with Crippen molar-refractivity contribution in [2.75, 3.05) is 12.4 Å². The van der Waals surface area contributed by atoms with Crippen LogP contribution in [0.1, 0.15) is 16.5 Å². The zero-order chi connectivity index (χ0) is 14.1. The van der Waals surface area contributed by atoms with E-state index in [1.54, 1.807) is 18.4 Å². The van der Waals surface area contributed by atoms with Crippen LogP contribution in [0.2, 0.25) is 0 Å². The molecule has 4 nitrogen and oxygen atoms in total. The van der Waals surface area contributed by atoms with Crippen LogP contribution >= 0.6 is 27.3 Å². The number of fused-ring (bicyclic) bond motifs is 1. The van der Waals surface area contributed by atoms with E-state index in [4.69, 9.17) is 4.74 Å². The number of carbonyl (C=O) groups is 1. The molecule has 2 aromatic rings. The van der Waals surface area contributed by atoms with Gasteiger partial charge >= 0.3 is 0 Å². The lowest BCUT2D eigenvalue weighted by atomic mass is 10.1. The predicted molar refractivity (Wildman–Crippen MR) is 83.2 cm³/mol. The molecule has 1 amide bonds. The molecule has 1 aliphatic rings. The number of rotatable bonds is 4. The van der Waals surface area contributed by atoms with E-state index in [0.717, 1.165) is 26.4 Å². The normalized spacial score (nSPS) is 16.9. The highest BCUT2D eigenvalue weighted by atomic mass is 79.9. The fourth-order valence-corrected chi connectivity index (χ4v) is 3.29. The smallest absolute Gasteiger partial charge is 0.246 e. The number of hydrogen-bond donors (Lipinski definition) is 2. The van der Waals surface area contributed by atoms with Gasteiger partial charge in [-0.3, -0.25) is 4.79 Å². The highest BCUT2D eigenvalue weighted by molar-refractivity contribution is 9.10. The van der Waals surface area contributed by atoms with Gasteiger partial charge in [0.2, 0.25) is 5.91 Å². The number of benzene rings is 1. The average molecular weight is 353 g/mol. The fourth-order valence-electron chi connectivity index (χ4n) is 2.20. The topological polar surface area (TPSA) is 50.4 Å². The summed E-state index contributed by atoms with van der Waals surface area (Å²) in [7, 11) is 1.77. The molecule has 1 aromatic heterocycles. The number of halogens is 1. The van der Waals surface area contributed by atoms with Gasteiger partial charge in [0.25, 0.3) is 0 Å². The second kappa shape index (κ2) is 5.55. The van der Waals surface area contributed by atoms with Crippen molar-refractivity contribution in [3.05, 3.63) is 44.6 Å². The summed E-state index contributed by atoms with van der Waals surface area (Å²) in [4.78, 5) is 13.0. The Morgan fingerprint density at radius 1 is 1.50 bits per heavy atom. The van der Waals surface area contributed by atoms with Crippen LogP contribution in [-0.2, 0) is 11.4 Å². The molecule has 0 saturated carbocycles. The first kappa shape index (κ1) is 13.6. The summed E-state index contributed by atoms with van der Waals surface area (Å²) in [5.41, 5.74) is 1.74. The molecule has 20 heavy (non-hydrogen) atoms. The fraction of sp³-hybridized carbons (Fsp3) is 0.214. The van der Waals surface area contributed by atoms with Gasteiger partial charge in [0.15, 0.2) is 0 Å². The van der Waals surface area contributed by atoms with E-state index in [1.165, 1.54) is 0 Å². The van der Waals surface area contributed by atoms with Crippen LogP contribution in [0, 0.1) is 0 Å². The molecular formula is C14H13BrN2O2S. The molecular weight excluding hydrogens is 340 g/mol. The summed E-state index contributed by atoms with van der Waals surface area (Å²) in [6.07, 6.45) is 0. The van der Waals surface area contributed by atoms with E-state index >= 15 is 0 Å². The first-order valence-corrected chi connectivity index (χ1v) is 7.83. The molecule has 1 aliphatic heterocycles. The maximum absolute atomic E-state index is 11.8. The number of nitrogens with one attached hydrogen (secondary N) is 2. The molecule has 0 spiro atoms. The summed E-state index contributed by atoms with van der Waals surface area (Å²) < 4.78 is 6.65. The highest BCUT2D eigenvalue weighted by Crippen LogP contribution is 2.38. The molecule has 0 saturated heterocycles. The zero-order valence-corrected chi connectivity index (χ0v) is 13.2. The van der Waals surface area contributed by atoms with Crippen LogP contribution in [0.5, 0.6) is 5.75 Å². The Balaban J connectivity index is 1.84. The van der Waals surface area contributed by atoms with E-state index in [1.807, 2.05) is 29.6 Å². The second-order valence-corrected chi connectivity index (χ2v) is 6.34. The molecule has 0 radical (unpaired) electrons. The van der Waals surface area contributed by atoms with E-state index in [9.17, 15) is 4.79 Å². The van der Waals surface area contributed by atoms with Gasteiger partial charge in [-0.2, -0.15) is 0 Å². The van der Waals surface area contributed by atoms with Gasteiger partial charge in [-0.25, -0.2) is 0 Å². The zero-order valence-electron chi connectivity index (χ0n) is 10.8.